The third-order valence-corrected chi connectivity index (χ3v) is 3.70. The topological polar surface area (TPSA) is 49.3 Å². The Morgan fingerprint density at radius 1 is 1.41 bits per heavy atom. The standard InChI is InChI=1S/C12H15Cl2NO2/c1-2-12(7-13,8-14)15-11(17)9-4-3-5-10(16)6-9/h3-6,16H,2,7-8H2,1H3,(H,15,17). The predicted molar refractivity (Wildman–Crippen MR) is 70.0 cm³/mol. The van der Waals surface area contributed by atoms with Gasteiger partial charge in [-0.05, 0) is 24.6 Å². The van der Waals surface area contributed by atoms with E-state index in [0.29, 0.717) is 12.0 Å². The van der Waals surface area contributed by atoms with E-state index in [-0.39, 0.29) is 23.4 Å². The number of alkyl halides is 2. The highest BCUT2D eigenvalue weighted by atomic mass is 35.5. The van der Waals surface area contributed by atoms with Gasteiger partial charge in [0.1, 0.15) is 5.75 Å². The predicted octanol–water partition coefficient (Wildman–Crippen LogP) is 2.75. The van der Waals surface area contributed by atoms with Gasteiger partial charge >= 0.3 is 0 Å². The lowest BCUT2D eigenvalue weighted by Crippen LogP contribution is -2.51. The number of hydrogen-bond acceptors (Lipinski definition) is 2. The molecule has 0 unspecified atom stereocenters. The van der Waals surface area contributed by atoms with E-state index >= 15 is 0 Å². The zero-order valence-electron chi connectivity index (χ0n) is 9.54. The summed E-state index contributed by atoms with van der Waals surface area (Å²) in [4.78, 5) is 11.9. The molecule has 3 nitrogen and oxygen atoms in total. The average molecular weight is 276 g/mol. The Morgan fingerprint density at radius 2 is 2.06 bits per heavy atom. The third-order valence-electron chi connectivity index (χ3n) is 2.68. The van der Waals surface area contributed by atoms with E-state index in [9.17, 15) is 9.90 Å². The van der Waals surface area contributed by atoms with Crippen LogP contribution in [-0.4, -0.2) is 28.3 Å². The Bertz CT molecular complexity index is 384. The summed E-state index contributed by atoms with van der Waals surface area (Å²) < 4.78 is 0. The molecule has 0 fully saturated rings. The molecule has 5 heteroatoms. The van der Waals surface area contributed by atoms with E-state index in [0.717, 1.165) is 0 Å². The second-order valence-corrected chi connectivity index (χ2v) is 4.44. The van der Waals surface area contributed by atoms with Crippen LogP contribution in [0.25, 0.3) is 0 Å². The van der Waals surface area contributed by atoms with Crippen LogP contribution in [-0.2, 0) is 0 Å². The fraction of sp³-hybridized carbons (Fsp3) is 0.417. The van der Waals surface area contributed by atoms with Crippen molar-refractivity contribution in [1.29, 1.82) is 0 Å². The van der Waals surface area contributed by atoms with E-state index in [1.54, 1.807) is 12.1 Å². The number of phenols is 1. The molecule has 0 aliphatic carbocycles. The normalized spacial score (nSPS) is 11.2. The van der Waals surface area contributed by atoms with E-state index < -0.39 is 5.54 Å². The molecular weight excluding hydrogens is 261 g/mol. The van der Waals surface area contributed by atoms with E-state index in [4.69, 9.17) is 23.2 Å². The van der Waals surface area contributed by atoms with Crippen LogP contribution in [0.1, 0.15) is 23.7 Å². The molecule has 0 saturated heterocycles. The largest absolute Gasteiger partial charge is 0.508 e. The van der Waals surface area contributed by atoms with Crippen molar-refractivity contribution in [2.24, 2.45) is 0 Å². The molecule has 0 radical (unpaired) electrons. The van der Waals surface area contributed by atoms with Crippen LogP contribution in [0.15, 0.2) is 24.3 Å². The van der Waals surface area contributed by atoms with Gasteiger partial charge in [-0.15, -0.1) is 23.2 Å². The van der Waals surface area contributed by atoms with Crippen LogP contribution >= 0.6 is 23.2 Å². The van der Waals surface area contributed by atoms with Gasteiger partial charge in [-0.3, -0.25) is 4.79 Å². The molecule has 0 aliphatic rings. The smallest absolute Gasteiger partial charge is 0.251 e. The number of nitrogens with one attached hydrogen (secondary N) is 1. The summed E-state index contributed by atoms with van der Waals surface area (Å²) in [5.41, 5.74) is -0.218. The van der Waals surface area contributed by atoms with E-state index in [1.165, 1.54) is 12.1 Å². The lowest BCUT2D eigenvalue weighted by molar-refractivity contribution is 0.0913. The molecule has 0 heterocycles. The zero-order chi connectivity index (χ0) is 12.9. The molecule has 0 atom stereocenters. The van der Waals surface area contributed by atoms with Gasteiger partial charge in [0, 0.05) is 17.3 Å². The van der Waals surface area contributed by atoms with Crippen LogP contribution in [0.3, 0.4) is 0 Å². The number of carbonyl (C=O) groups is 1. The molecule has 0 spiro atoms. The minimum Gasteiger partial charge on any atom is -0.508 e. The van der Waals surface area contributed by atoms with Crippen LogP contribution < -0.4 is 5.32 Å². The zero-order valence-corrected chi connectivity index (χ0v) is 11.1. The quantitative estimate of drug-likeness (QED) is 0.812. The van der Waals surface area contributed by atoms with Gasteiger partial charge in [0.05, 0.1) is 5.54 Å². The van der Waals surface area contributed by atoms with E-state index in [1.807, 2.05) is 6.92 Å². The third kappa shape index (κ3) is 3.51. The number of carbonyl (C=O) groups excluding carboxylic acids is 1. The van der Waals surface area contributed by atoms with Crippen molar-refractivity contribution in [2.75, 3.05) is 11.8 Å². The maximum atomic E-state index is 11.9. The number of hydrogen-bond donors (Lipinski definition) is 2. The first-order valence-corrected chi connectivity index (χ1v) is 6.37. The molecule has 1 aromatic carbocycles. The Balaban J connectivity index is 2.84. The van der Waals surface area contributed by atoms with Gasteiger partial charge in [-0.25, -0.2) is 0 Å². The van der Waals surface area contributed by atoms with E-state index in [2.05, 4.69) is 5.32 Å². The number of phenolic OH excluding ortho intramolecular Hbond substituents is 1. The second kappa shape index (κ2) is 6.12. The summed E-state index contributed by atoms with van der Waals surface area (Å²) in [5, 5.41) is 12.1. The molecule has 1 amide bonds. The van der Waals surface area contributed by atoms with Crippen molar-refractivity contribution in [2.45, 2.75) is 18.9 Å². The minimum atomic E-state index is -0.606. The number of benzene rings is 1. The maximum Gasteiger partial charge on any atom is 0.251 e. The summed E-state index contributed by atoms with van der Waals surface area (Å²) in [5.74, 6) is 0.260. The molecule has 0 bridgehead atoms. The Hall–Kier alpha value is -0.930. The van der Waals surface area contributed by atoms with Crippen molar-refractivity contribution in [3.05, 3.63) is 29.8 Å². The summed E-state index contributed by atoms with van der Waals surface area (Å²) in [6.07, 6.45) is 0.643. The SMILES string of the molecule is CCC(CCl)(CCl)NC(=O)c1cccc(O)c1. The van der Waals surface area contributed by atoms with Gasteiger partial charge < -0.3 is 10.4 Å². The van der Waals surface area contributed by atoms with Crippen LogP contribution in [0.2, 0.25) is 0 Å². The summed E-state index contributed by atoms with van der Waals surface area (Å²) in [6.45, 7) is 1.91. The fourth-order valence-electron chi connectivity index (χ4n) is 1.34. The molecule has 94 valence electrons. The van der Waals surface area contributed by atoms with Crippen LogP contribution in [0, 0.1) is 0 Å². The van der Waals surface area contributed by atoms with Gasteiger partial charge in [0.15, 0.2) is 0 Å². The molecule has 0 aliphatic heterocycles. The summed E-state index contributed by atoms with van der Waals surface area (Å²) in [7, 11) is 0. The minimum absolute atomic E-state index is 0.0523. The Labute approximate surface area is 111 Å². The maximum absolute atomic E-state index is 11.9. The molecular formula is C12H15Cl2NO2. The first-order valence-electron chi connectivity index (χ1n) is 5.30. The first-order chi connectivity index (χ1) is 8.06. The van der Waals surface area contributed by atoms with Crippen LogP contribution in [0.5, 0.6) is 5.75 Å². The number of halogens is 2. The highest BCUT2D eigenvalue weighted by molar-refractivity contribution is 6.22. The van der Waals surface area contributed by atoms with Crippen molar-refractivity contribution in [3.63, 3.8) is 0 Å². The number of aromatic hydroxyl groups is 1. The lowest BCUT2D eigenvalue weighted by Gasteiger charge is -2.29. The highest BCUT2D eigenvalue weighted by Crippen LogP contribution is 2.17. The Kier molecular flexibility index (Phi) is 5.09. The Morgan fingerprint density at radius 3 is 2.53 bits per heavy atom. The van der Waals surface area contributed by atoms with Crippen molar-refractivity contribution >= 4 is 29.1 Å². The molecule has 1 rings (SSSR count). The molecule has 0 aromatic heterocycles. The van der Waals surface area contributed by atoms with Gasteiger partial charge in [-0.1, -0.05) is 13.0 Å². The highest BCUT2D eigenvalue weighted by Gasteiger charge is 2.28. The summed E-state index contributed by atoms with van der Waals surface area (Å²) in [6, 6.07) is 6.14. The van der Waals surface area contributed by atoms with Gasteiger partial charge in [0.2, 0.25) is 0 Å². The molecule has 17 heavy (non-hydrogen) atoms. The fourth-order valence-corrected chi connectivity index (χ4v) is 2.14. The second-order valence-electron chi connectivity index (χ2n) is 3.91. The molecule has 0 saturated carbocycles. The van der Waals surface area contributed by atoms with Crippen LogP contribution in [0.4, 0.5) is 0 Å². The number of rotatable bonds is 5. The average Bonchev–Trinajstić information content (AvgIpc) is 2.36. The number of amides is 1. The molecule has 2 N–H and O–H groups in total. The molecule has 1 aromatic rings. The monoisotopic (exact) mass is 275 g/mol. The summed E-state index contributed by atoms with van der Waals surface area (Å²) >= 11 is 11.7. The van der Waals surface area contributed by atoms with Crippen molar-refractivity contribution in [3.8, 4) is 5.75 Å². The van der Waals surface area contributed by atoms with Gasteiger partial charge in [0.25, 0.3) is 5.91 Å². The first kappa shape index (κ1) is 14.1. The van der Waals surface area contributed by atoms with Crippen molar-refractivity contribution < 1.29 is 9.90 Å². The van der Waals surface area contributed by atoms with Gasteiger partial charge in [-0.2, -0.15) is 0 Å². The lowest BCUT2D eigenvalue weighted by atomic mass is 10.0. The van der Waals surface area contributed by atoms with Crippen molar-refractivity contribution in [1.82, 2.24) is 5.32 Å².